The second-order valence-electron chi connectivity index (χ2n) is 2.63. The number of hydrogen-bond donors (Lipinski definition) is 0. The van der Waals surface area contributed by atoms with Gasteiger partial charge in [-0.25, -0.2) is 4.98 Å². The van der Waals surface area contributed by atoms with Gasteiger partial charge in [-0.3, -0.25) is 9.36 Å². The Morgan fingerprint density at radius 3 is 3.08 bits per heavy atom. The van der Waals surface area contributed by atoms with Crippen molar-refractivity contribution in [3.05, 3.63) is 38.6 Å². The molecule has 1 heterocycles. The minimum Gasteiger partial charge on any atom is -0.294 e. The van der Waals surface area contributed by atoms with E-state index in [0.717, 1.165) is 5.57 Å². The van der Waals surface area contributed by atoms with Crippen LogP contribution < -0.4 is 5.56 Å². The highest BCUT2D eigenvalue weighted by Crippen LogP contribution is 1.95. The number of aromatic nitrogens is 2. The summed E-state index contributed by atoms with van der Waals surface area (Å²) in [7, 11) is 0. The monoisotopic (exact) mass is 276 g/mol. The lowest BCUT2D eigenvalue weighted by molar-refractivity contribution is 0.721. The van der Waals surface area contributed by atoms with Gasteiger partial charge in [-0.2, -0.15) is 0 Å². The maximum Gasteiger partial charge on any atom is 0.267 e. The van der Waals surface area contributed by atoms with Crippen molar-refractivity contribution in [1.29, 1.82) is 0 Å². The first-order valence-corrected chi connectivity index (χ1v) is 4.53. The van der Waals surface area contributed by atoms with E-state index in [0.29, 0.717) is 10.1 Å². The van der Waals surface area contributed by atoms with Crippen LogP contribution in [0.4, 0.5) is 0 Å². The van der Waals surface area contributed by atoms with Gasteiger partial charge in [-0.1, -0.05) is 12.2 Å². The predicted molar refractivity (Wildman–Crippen MR) is 56.0 cm³/mol. The summed E-state index contributed by atoms with van der Waals surface area (Å²) < 4.78 is 2.18. The number of allylic oxidation sites excluding steroid dienone is 1. The molecule has 1 aromatic heterocycles. The molecule has 0 saturated carbocycles. The fraction of sp³-hybridized carbons (Fsp3) is 0.250. The van der Waals surface area contributed by atoms with Crippen LogP contribution in [0.2, 0.25) is 0 Å². The molecule has 0 radical (unpaired) electrons. The Morgan fingerprint density at radius 2 is 2.50 bits per heavy atom. The fourth-order valence-corrected chi connectivity index (χ4v) is 1.30. The number of halogens is 1. The highest BCUT2D eigenvalue weighted by atomic mass is 127. The van der Waals surface area contributed by atoms with E-state index in [4.69, 9.17) is 0 Å². The number of hydrogen-bond acceptors (Lipinski definition) is 2. The SMILES string of the molecule is C=C(C)Cn1cncc(I)c1=O. The van der Waals surface area contributed by atoms with Gasteiger partial charge in [0.2, 0.25) is 0 Å². The molecule has 0 aromatic carbocycles. The van der Waals surface area contributed by atoms with E-state index in [1.165, 1.54) is 6.33 Å². The standard InChI is InChI=1S/C8H9IN2O/c1-6(2)4-11-5-10-3-7(9)8(11)12/h3,5H,1,4H2,2H3. The molecule has 0 N–H and O–H groups in total. The van der Waals surface area contributed by atoms with Crippen molar-refractivity contribution in [3.8, 4) is 0 Å². The van der Waals surface area contributed by atoms with E-state index in [1.807, 2.05) is 29.5 Å². The maximum atomic E-state index is 11.4. The molecule has 4 heteroatoms. The summed E-state index contributed by atoms with van der Waals surface area (Å²) in [6.07, 6.45) is 3.08. The Hall–Kier alpha value is -0.650. The quantitative estimate of drug-likeness (QED) is 0.605. The molecule has 0 bridgehead atoms. The van der Waals surface area contributed by atoms with Gasteiger partial charge >= 0.3 is 0 Å². The zero-order valence-electron chi connectivity index (χ0n) is 6.75. The minimum atomic E-state index is -0.00593. The van der Waals surface area contributed by atoms with Crippen molar-refractivity contribution in [2.24, 2.45) is 0 Å². The van der Waals surface area contributed by atoms with Crippen LogP contribution in [0, 0.1) is 3.57 Å². The second kappa shape index (κ2) is 3.84. The zero-order valence-corrected chi connectivity index (χ0v) is 8.91. The molecule has 3 nitrogen and oxygen atoms in total. The topological polar surface area (TPSA) is 34.9 Å². The van der Waals surface area contributed by atoms with Crippen LogP contribution in [0.1, 0.15) is 6.92 Å². The summed E-state index contributed by atoms with van der Waals surface area (Å²) in [6, 6.07) is 0. The van der Waals surface area contributed by atoms with E-state index >= 15 is 0 Å². The number of nitrogens with zero attached hydrogens (tertiary/aromatic N) is 2. The lowest BCUT2D eigenvalue weighted by Crippen LogP contribution is -2.22. The van der Waals surface area contributed by atoms with Crippen molar-refractivity contribution >= 4 is 22.6 Å². The Labute approximate surface area is 84.3 Å². The zero-order chi connectivity index (χ0) is 9.14. The van der Waals surface area contributed by atoms with Gasteiger partial charge < -0.3 is 0 Å². The molecule has 0 aliphatic carbocycles. The highest BCUT2D eigenvalue weighted by Gasteiger charge is 1.99. The molecule has 0 aliphatic rings. The van der Waals surface area contributed by atoms with Gasteiger partial charge in [0.05, 0.1) is 9.90 Å². The average Bonchev–Trinajstić information content (AvgIpc) is 1.98. The largest absolute Gasteiger partial charge is 0.294 e. The molecule has 1 rings (SSSR count). The van der Waals surface area contributed by atoms with Crippen LogP contribution in [-0.2, 0) is 6.54 Å². The van der Waals surface area contributed by atoms with Crippen LogP contribution in [0.15, 0.2) is 29.5 Å². The van der Waals surface area contributed by atoms with Gasteiger partial charge in [-0.05, 0) is 29.5 Å². The van der Waals surface area contributed by atoms with E-state index in [1.54, 1.807) is 10.8 Å². The van der Waals surface area contributed by atoms with Crippen molar-refractivity contribution in [2.75, 3.05) is 0 Å². The summed E-state index contributed by atoms with van der Waals surface area (Å²) in [5.74, 6) is 0. The van der Waals surface area contributed by atoms with E-state index < -0.39 is 0 Å². The van der Waals surface area contributed by atoms with Gasteiger partial charge in [0.1, 0.15) is 0 Å². The molecule has 0 saturated heterocycles. The van der Waals surface area contributed by atoms with Gasteiger partial charge in [0.15, 0.2) is 0 Å². The second-order valence-corrected chi connectivity index (χ2v) is 3.79. The predicted octanol–water partition coefficient (Wildman–Crippen LogP) is 1.42. The average molecular weight is 276 g/mol. The van der Waals surface area contributed by atoms with Crippen molar-refractivity contribution in [3.63, 3.8) is 0 Å². The molecular weight excluding hydrogens is 267 g/mol. The lowest BCUT2D eigenvalue weighted by Gasteiger charge is -2.03. The van der Waals surface area contributed by atoms with Crippen molar-refractivity contribution < 1.29 is 0 Å². The minimum absolute atomic E-state index is 0.00593. The van der Waals surface area contributed by atoms with Crippen LogP contribution in [0.25, 0.3) is 0 Å². The summed E-state index contributed by atoms with van der Waals surface area (Å²) in [5, 5.41) is 0. The smallest absolute Gasteiger partial charge is 0.267 e. The Balaban J connectivity index is 3.09. The first kappa shape index (κ1) is 9.44. The molecular formula is C8H9IN2O. The molecule has 0 fully saturated rings. The van der Waals surface area contributed by atoms with E-state index in [-0.39, 0.29) is 5.56 Å². The Morgan fingerprint density at radius 1 is 1.83 bits per heavy atom. The third-order valence-electron chi connectivity index (χ3n) is 1.30. The maximum absolute atomic E-state index is 11.4. The Kier molecular flexibility index (Phi) is 3.02. The van der Waals surface area contributed by atoms with Crippen LogP contribution in [0.5, 0.6) is 0 Å². The number of rotatable bonds is 2. The van der Waals surface area contributed by atoms with Gasteiger partial charge in [-0.15, -0.1) is 0 Å². The third kappa shape index (κ3) is 2.17. The highest BCUT2D eigenvalue weighted by molar-refractivity contribution is 14.1. The fourth-order valence-electron chi connectivity index (χ4n) is 0.828. The van der Waals surface area contributed by atoms with E-state index in [2.05, 4.69) is 11.6 Å². The molecule has 1 aromatic rings. The lowest BCUT2D eigenvalue weighted by atomic mass is 10.3. The first-order chi connectivity index (χ1) is 5.61. The normalized spacial score (nSPS) is 9.83. The van der Waals surface area contributed by atoms with Gasteiger partial charge in [0.25, 0.3) is 5.56 Å². The van der Waals surface area contributed by atoms with Crippen LogP contribution in [0.3, 0.4) is 0 Å². The van der Waals surface area contributed by atoms with E-state index in [9.17, 15) is 4.79 Å². The summed E-state index contributed by atoms with van der Waals surface area (Å²) in [5.41, 5.74) is 0.939. The van der Waals surface area contributed by atoms with Crippen molar-refractivity contribution in [1.82, 2.24) is 9.55 Å². The Bertz CT molecular complexity index is 356. The summed E-state index contributed by atoms with van der Waals surface area (Å²) >= 11 is 1.97. The molecule has 0 amide bonds. The summed E-state index contributed by atoms with van der Waals surface area (Å²) in [4.78, 5) is 15.3. The van der Waals surface area contributed by atoms with Crippen LogP contribution >= 0.6 is 22.6 Å². The third-order valence-corrected chi connectivity index (χ3v) is 2.04. The molecule has 0 aliphatic heterocycles. The molecule has 0 unspecified atom stereocenters. The molecule has 0 atom stereocenters. The van der Waals surface area contributed by atoms with Crippen molar-refractivity contribution in [2.45, 2.75) is 13.5 Å². The molecule has 64 valence electrons. The molecule has 12 heavy (non-hydrogen) atoms. The molecule has 0 spiro atoms. The van der Waals surface area contributed by atoms with Crippen LogP contribution in [-0.4, -0.2) is 9.55 Å². The van der Waals surface area contributed by atoms with Gasteiger partial charge in [0, 0.05) is 12.7 Å². The first-order valence-electron chi connectivity index (χ1n) is 3.45. The summed E-state index contributed by atoms with van der Waals surface area (Å²) in [6.45, 7) is 6.16.